The van der Waals surface area contributed by atoms with Crippen LogP contribution in [0.2, 0.25) is 0 Å². The van der Waals surface area contributed by atoms with Gasteiger partial charge in [0.15, 0.2) is 6.04 Å². The van der Waals surface area contributed by atoms with Gasteiger partial charge in [0.05, 0.1) is 19.7 Å². The Morgan fingerprint density at radius 1 is 0.868 bits per heavy atom. The lowest BCUT2D eigenvalue weighted by Crippen LogP contribution is -2.45. The zero-order chi connectivity index (χ0) is 26.5. The summed E-state index contributed by atoms with van der Waals surface area (Å²) in [5.41, 5.74) is 2.67. The van der Waals surface area contributed by atoms with E-state index in [1.165, 1.54) is 0 Å². The average Bonchev–Trinajstić information content (AvgIpc) is 3.62. The fraction of sp³-hybridized carbons (Fsp3) is 0.310. The van der Waals surface area contributed by atoms with Crippen molar-refractivity contribution in [1.29, 1.82) is 0 Å². The third-order valence-electron chi connectivity index (χ3n) is 6.94. The Morgan fingerprint density at radius 2 is 1.53 bits per heavy atom. The van der Waals surface area contributed by atoms with Crippen LogP contribution in [0.4, 0.5) is 0 Å². The van der Waals surface area contributed by atoms with Gasteiger partial charge in [0.1, 0.15) is 23.1 Å². The van der Waals surface area contributed by atoms with E-state index in [2.05, 4.69) is 20.9 Å². The fourth-order valence-electron chi connectivity index (χ4n) is 4.99. The van der Waals surface area contributed by atoms with Crippen LogP contribution in [0.3, 0.4) is 0 Å². The van der Waals surface area contributed by atoms with E-state index < -0.39 is 12.1 Å². The summed E-state index contributed by atoms with van der Waals surface area (Å²) in [6.45, 7) is 0. The molecular weight excluding hydrogens is 482 g/mol. The van der Waals surface area contributed by atoms with Crippen molar-refractivity contribution in [1.82, 2.24) is 25.6 Å². The number of aromatic nitrogens is 3. The van der Waals surface area contributed by atoms with E-state index in [4.69, 9.17) is 9.47 Å². The molecule has 0 saturated heterocycles. The van der Waals surface area contributed by atoms with Crippen molar-refractivity contribution in [3.05, 3.63) is 83.9 Å². The minimum atomic E-state index is -0.979. The number of hydrogen-bond acceptors (Lipinski definition) is 6. The van der Waals surface area contributed by atoms with Crippen LogP contribution in [0.25, 0.3) is 11.0 Å². The number of nitrogens with zero attached hydrogens (tertiary/aromatic N) is 3. The molecule has 9 nitrogen and oxygen atoms in total. The molecule has 2 N–H and O–H groups in total. The Morgan fingerprint density at radius 3 is 2.21 bits per heavy atom. The summed E-state index contributed by atoms with van der Waals surface area (Å²) in [6, 6.07) is 20.3. The first-order valence-corrected chi connectivity index (χ1v) is 12.8. The first kappa shape index (κ1) is 25.3. The Labute approximate surface area is 221 Å². The Kier molecular flexibility index (Phi) is 7.53. The number of hydrogen-bond donors (Lipinski definition) is 2. The van der Waals surface area contributed by atoms with Crippen LogP contribution in [-0.2, 0) is 9.59 Å². The number of carbonyl (C=O) groups is 2. The molecule has 0 bridgehead atoms. The molecule has 1 aliphatic rings. The lowest BCUT2D eigenvalue weighted by molar-refractivity contribution is -0.130. The molecule has 1 aromatic heterocycles. The number of amides is 2. The van der Waals surface area contributed by atoms with E-state index in [9.17, 15) is 9.59 Å². The van der Waals surface area contributed by atoms with Gasteiger partial charge in [-0.05, 0) is 48.2 Å². The van der Waals surface area contributed by atoms with Crippen molar-refractivity contribution < 1.29 is 19.1 Å². The topological polar surface area (TPSA) is 107 Å². The maximum absolute atomic E-state index is 14.1. The molecule has 196 valence electrons. The second kappa shape index (κ2) is 11.3. The van der Waals surface area contributed by atoms with Gasteiger partial charge in [-0.15, -0.1) is 5.10 Å². The Hall–Kier alpha value is -4.40. The molecule has 1 saturated carbocycles. The van der Waals surface area contributed by atoms with Crippen molar-refractivity contribution in [2.75, 3.05) is 14.2 Å². The van der Waals surface area contributed by atoms with Crippen molar-refractivity contribution >= 4 is 22.8 Å². The number of rotatable bonds is 9. The van der Waals surface area contributed by atoms with Crippen LogP contribution < -0.4 is 20.1 Å². The van der Waals surface area contributed by atoms with Gasteiger partial charge in [0, 0.05) is 12.1 Å². The van der Waals surface area contributed by atoms with E-state index in [1.54, 1.807) is 37.1 Å². The van der Waals surface area contributed by atoms with Crippen LogP contribution in [0.1, 0.15) is 48.9 Å². The number of methoxy groups -OCH3 is 2. The minimum Gasteiger partial charge on any atom is -0.497 e. The molecule has 1 fully saturated rings. The molecule has 3 aromatic carbocycles. The summed E-state index contributed by atoms with van der Waals surface area (Å²) in [4.78, 5) is 27.7. The molecule has 1 aliphatic carbocycles. The van der Waals surface area contributed by atoms with Crippen molar-refractivity contribution in [3.63, 3.8) is 0 Å². The normalized spacial score (nSPS) is 15.1. The lowest BCUT2D eigenvalue weighted by Gasteiger charge is -2.25. The van der Waals surface area contributed by atoms with E-state index in [0.29, 0.717) is 28.1 Å². The molecule has 0 aliphatic heterocycles. The summed E-state index contributed by atoms with van der Waals surface area (Å²) in [6.07, 6.45) is 3.99. The van der Waals surface area contributed by atoms with Gasteiger partial charge in [-0.1, -0.05) is 60.5 Å². The van der Waals surface area contributed by atoms with Gasteiger partial charge >= 0.3 is 0 Å². The smallest absolute Gasteiger partial charge is 0.250 e. The Bertz CT molecular complexity index is 1390. The first-order valence-electron chi connectivity index (χ1n) is 12.8. The van der Waals surface area contributed by atoms with E-state index >= 15 is 0 Å². The van der Waals surface area contributed by atoms with E-state index in [-0.39, 0.29) is 17.9 Å². The third-order valence-corrected chi connectivity index (χ3v) is 6.94. The average molecular weight is 514 g/mol. The molecule has 2 amide bonds. The maximum atomic E-state index is 14.1. The highest BCUT2D eigenvalue weighted by Gasteiger charge is 2.32. The lowest BCUT2D eigenvalue weighted by atomic mass is 10.0. The highest BCUT2D eigenvalue weighted by molar-refractivity contribution is 5.92. The van der Waals surface area contributed by atoms with Gasteiger partial charge in [-0.2, -0.15) is 0 Å². The standard InChI is InChI=1S/C29H31N5O4/c1-37-22-16-20(17-23(18-22)38-2)26(28(35)30-21-12-6-7-13-21)31-29(36)27(19-10-4-3-5-11-19)34-25-15-9-8-14-24(25)32-33-34/h3-5,8-11,14-18,21,26-27H,6-7,12-13H2,1-2H3,(H,30,35)(H,31,36)/t26-,27+/m1/s1. The highest BCUT2D eigenvalue weighted by atomic mass is 16.5. The van der Waals surface area contributed by atoms with Gasteiger partial charge in [-0.3, -0.25) is 9.59 Å². The summed E-state index contributed by atoms with van der Waals surface area (Å²) < 4.78 is 12.5. The monoisotopic (exact) mass is 513 g/mol. The molecule has 0 spiro atoms. The van der Waals surface area contributed by atoms with Crippen LogP contribution in [-0.4, -0.2) is 47.1 Å². The molecule has 9 heteroatoms. The van der Waals surface area contributed by atoms with Crippen molar-refractivity contribution in [2.24, 2.45) is 0 Å². The van der Waals surface area contributed by atoms with E-state index in [1.807, 2.05) is 54.6 Å². The zero-order valence-corrected chi connectivity index (χ0v) is 21.5. The largest absolute Gasteiger partial charge is 0.497 e. The number of benzene rings is 3. The molecule has 4 aromatic rings. The second-order valence-electron chi connectivity index (χ2n) is 9.41. The van der Waals surface area contributed by atoms with Crippen LogP contribution in [0, 0.1) is 0 Å². The van der Waals surface area contributed by atoms with Gasteiger partial charge in [0.2, 0.25) is 11.8 Å². The molecule has 1 heterocycles. The molecule has 0 unspecified atom stereocenters. The SMILES string of the molecule is COc1cc(OC)cc([C@@H](NC(=O)[C@H](c2ccccc2)n2nnc3ccccc32)C(=O)NC2CCCC2)c1. The summed E-state index contributed by atoms with van der Waals surface area (Å²) in [5.74, 6) is 0.374. The summed E-state index contributed by atoms with van der Waals surface area (Å²) in [5, 5.41) is 14.7. The molecule has 0 radical (unpaired) electrons. The van der Waals surface area contributed by atoms with Crippen LogP contribution >= 0.6 is 0 Å². The van der Waals surface area contributed by atoms with Crippen molar-refractivity contribution in [2.45, 2.75) is 43.8 Å². The molecule has 2 atom stereocenters. The van der Waals surface area contributed by atoms with Crippen molar-refractivity contribution in [3.8, 4) is 11.5 Å². The zero-order valence-electron chi connectivity index (χ0n) is 21.5. The predicted molar refractivity (Wildman–Crippen MR) is 143 cm³/mol. The molecule has 5 rings (SSSR count). The number of fused-ring (bicyclic) bond motifs is 1. The second-order valence-corrected chi connectivity index (χ2v) is 9.41. The molecular formula is C29H31N5O4. The minimum absolute atomic E-state index is 0.0820. The highest BCUT2D eigenvalue weighted by Crippen LogP contribution is 2.29. The number of ether oxygens (including phenoxy) is 2. The maximum Gasteiger partial charge on any atom is 0.250 e. The third kappa shape index (κ3) is 5.32. The van der Waals surface area contributed by atoms with E-state index in [0.717, 1.165) is 31.2 Å². The molecule has 38 heavy (non-hydrogen) atoms. The Balaban J connectivity index is 1.54. The summed E-state index contributed by atoms with van der Waals surface area (Å²) >= 11 is 0. The number of carbonyl (C=O) groups excluding carboxylic acids is 2. The van der Waals surface area contributed by atoms with Gasteiger partial charge < -0.3 is 20.1 Å². The van der Waals surface area contributed by atoms with Crippen LogP contribution in [0.5, 0.6) is 11.5 Å². The summed E-state index contributed by atoms with van der Waals surface area (Å²) in [7, 11) is 3.10. The first-order chi connectivity index (χ1) is 18.6. The number of para-hydroxylation sites is 1. The quantitative estimate of drug-likeness (QED) is 0.351. The fourth-order valence-corrected chi connectivity index (χ4v) is 4.99. The number of nitrogens with one attached hydrogen (secondary N) is 2. The van der Waals surface area contributed by atoms with Gasteiger partial charge in [-0.25, -0.2) is 4.68 Å². The predicted octanol–water partition coefficient (Wildman–Crippen LogP) is 3.95. The van der Waals surface area contributed by atoms with Crippen LogP contribution in [0.15, 0.2) is 72.8 Å². The van der Waals surface area contributed by atoms with Gasteiger partial charge in [0.25, 0.3) is 0 Å².